The molecule has 0 aliphatic carbocycles. The Morgan fingerprint density at radius 2 is 1.68 bits per heavy atom. The first-order valence-corrected chi connectivity index (χ1v) is 9.32. The fraction of sp³-hybridized carbons (Fsp3) is 0.368. The van der Waals surface area contributed by atoms with Crippen molar-refractivity contribution in [3.05, 3.63) is 40.8 Å². The van der Waals surface area contributed by atoms with Crippen molar-refractivity contribution in [1.29, 1.82) is 0 Å². The van der Waals surface area contributed by atoms with Gasteiger partial charge in [0.05, 0.1) is 5.39 Å². The lowest BCUT2D eigenvalue weighted by molar-refractivity contribution is 0.312. The molecule has 1 saturated heterocycles. The van der Waals surface area contributed by atoms with Gasteiger partial charge in [0.25, 0.3) is 0 Å². The highest BCUT2D eigenvalue weighted by atomic mass is 32.1. The molecule has 0 amide bonds. The largest absolute Gasteiger partial charge is 0.353 e. The Bertz CT molecular complexity index is 911. The van der Waals surface area contributed by atoms with E-state index in [-0.39, 0.29) is 5.82 Å². The standard InChI is InChI=1S/C19H21FN4S/c1-12-16(14-4-6-15(20)7-5-14)17-18(21-13(2)22-19(17)25-12)24-10-8-23(3)9-11-24/h4-7H,8-11H2,1-3H3. The van der Waals surface area contributed by atoms with E-state index in [4.69, 9.17) is 4.98 Å². The Labute approximate surface area is 150 Å². The van der Waals surface area contributed by atoms with E-state index < -0.39 is 0 Å². The summed E-state index contributed by atoms with van der Waals surface area (Å²) in [7, 11) is 2.15. The van der Waals surface area contributed by atoms with E-state index in [9.17, 15) is 4.39 Å². The molecule has 0 N–H and O–H groups in total. The van der Waals surface area contributed by atoms with Gasteiger partial charge in [0.1, 0.15) is 22.3 Å². The smallest absolute Gasteiger partial charge is 0.141 e. The number of anilines is 1. The summed E-state index contributed by atoms with van der Waals surface area (Å²) in [5.74, 6) is 1.60. The van der Waals surface area contributed by atoms with Gasteiger partial charge in [-0.15, -0.1) is 11.3 Å². The van der Waals surface area contributed by atoms with Crippen LogP contribution in [0.5, 0.6) is 0 Å². The predicted octanol–water partition coefficient (Wildman–Crippen LogP) is 3.87. The third-order valence-corrected chi connectivity index (χ3v) is 5.76. The van der Waals surface area contributed by atoms with Gasteiger partial charge in [-0.3, -0.25) is 0 Å². The van der Waals surface area contributed by atoms with Crippen molar-refractivity contribution in [3.63, 3.8) is 0 Å². The van der Waals surface area contributed by atoms with Crippen LogP contribution in [0.15, 0.2) is 24.3 Å². The van der Waals surface area contributed by atoms with Crippen LogP contribution in [0, 0.1) is 19.7 Å². The van der Waals surface area contributed by atoms with Crippen molar-refractivity contribution >= 4 is 27.4 Å². The zero-order valence-electron chi connectivity index (χ0n) is 14.7. The summed E-state index contributed by atoms with van der Waals surface area (Å²) in [4.78, 5) is 16.4. The summed E-state index contributed by atoms with van der Waals surface area (Å²) in [6.45, 7) is 8.03. The second kappa shape index (κ2) is 6.35. The Morgan fingerprint density at radius 3 is 2.36 bits per heavy atom. The molecule has 1 aromatic carbocycles. The van der Waals surface area contributed by atoms with Crippen LogP contribution < -0.4 is 4.90 Å². The molecule has 3 aromatic rings. The highest BCUT2D eigenvalue weighted by Crippen LogP contribution is 2.41. The number of aromatic nitrogens is 2. The van der Waals surface area contributed by atoms with Gasteiger partial charge >= 0.3 is 0 Å². The number of piperazine rings is 1. The maximum atomic E-state index is 13.4. The Morgan fingerprint density at radius 1 is 1.00 bits per heavy atom. The average Bonchev–Trinajstić information content (AvgIpc) is 2.91. The fourth-order valence-corrected chi connectivity index (χ4v) is 4.49. The van der Waals surface area contributed by atoms with E-state index in [0.29, 0.717) is 0 Å². The van der Waals surface area contributed by atoms with E-state index in [2.05, 4.69) is 28.8 Å². The highest BCUT2D eigenvalue weighted by Gasteiger charge is 2.23. The maximum absolute atomic E-state index is 13.4. The third-order valence-electron chi connectivity index (χ3n) is 4.76. The molecule has 0 radical (unpaired) electrons. The number of benzene rings is 1. The summed E-state index contributed by atoms with van der Waals surface area (Å²) < 4.78 is 13.4. The molecule has 1 fully saturated rings. The lowest BCUT2D eigenvalue weighted by Gasteiger charge is -2.33. The second-order valence-corrected chi connectivity index (χ2v) is 7.81. The molecule has 0 unspecified atom stereocenters. The Hall–Kier alpha value is -2.05. The van der Waals surface area contributed by atoms with Gasteiger partial charge < -0.3 is 9.80 Å². The normalized spacial score (nSPS) is 15.9. The number of hydrogen-bond acceptors (Lipinski definition) is 5. The van der Waals surface area contributed by atoms with Crippen LogP contribution >= 0.6 is 11.3 Å². The topological polar surface area (TPSA) is 32.3 Å². The predicted molar refractivity (Wildman–Crippen MR) is 102 cm³/mol. The number of thiophene rings is 1. The third kappa shape index (κ3) is 3.00. The van der Waals surface area contributed by atoms with Gasteiger partial charge in [-0.1, -0.05) is 12.1 Å². The minimum Gasteiger partial charge on any atom is -0.353 e. The molecule has 130 valence electrons. The fourth-order valence-electron chi connectivity index (χ4n) is 3.41. The summed E-state index contributed by atoms with van der Waals surface area (Å²) in [6.07, 6.45) is 0. The minimum atomic E-state index is -0.215. The van der Waals surface area contributed by atoms with Crippen LogP contribution in [0.4, 0.5) is 10.2 Å². The number of fused-ring (bicyclic) bond motifs is 1. The van der Waals surface area contributed by atoms with Gasteiger partial charge in [0, 0.05) is 36.6 Å². The molecule has 4 nitrogen and oxygen atoms in total. The molecule has 0 bridgehead atoms. The first-order valence-electron chi connectivity index (χ1n) is 8.50. The Balaban J connectivity index is 1.91. The number of aryl methyl sites for hydroxylation is 2. The van der Waals surface area contributed by atoms with Crippen LogP contribution in [0.3, 0.4) is 0 Å². The molecule has 3 heterocycles. The first kappa shape index (κ1) is 16.4. The first-order chi connectivity index (χ1) is 12.0. The van der Waals surface area contributed by atoms with Crippen molar-refractivity contribution in [1.82, 2.24) is 14.9 Å². The molecule has 25 heavy (non-hydrogen) atoms. The highest BCUT2D eigenvalue weighted by molar-refractivity contribution is 7.19. The molecule has 1 aliphatic heterocycles. The number of likely N-dealkylation sites (N-methyl/N-ethyl adjacent to an activating group) is 1. The van der Waals surface area contributed by atoms with Crippen molar-refractivity contribution in [2.24, 2.45) is 0 Å². The number of hydrogen-bond donors (Lipinski definition) is 0. The van der Waals surface area contributed by atoms with Crippen LogP contribution in [-0.4, -0.2) is 48.1 Å². The lowest BCUT2D eigenvalue weighted by atomic mass is 10.0. The molecule has 0 spiro atoms. The van der Waals surface area contributed by atoms with E-state index >= 15 is 0 Å². The van der Waals surface area contributed by atoms with E-state index in [0.717, 1.165) is 59.2 Å². The number of halogens is 1. The van der Waals surface area contributed by atoms with E-state index in [1.54, 1.807) is 11.3 Å². The molecule has 0 saturated carbocycles. The minimum absolute atomic E-state index is 0.215. The zero-order valence-corrected chi connectivity index (χ0v) is 15.5. The van der Waals surface area contributed by atoms with Crippen LogP contribution in [0.1, 0.15) is 10.7 Å². The van der Waals surface area contributed by atoms with Crippen molar-refractivity contribution in [3.8, 4) is 11.1 Å². The molecule has 4 rings (SSSR count). The van der Waals surface area contributed by atoms with Gasteiger partial charge in [0.15, 0.2) is 0 Å². The number of rotatable bonds is 2. The maximum Gasteiger partial charge on any atom is 0.141 e. The van der Waals surface area contributed by atoms with Crippen LogP contribution in [0.2, 0.25) is 0 Å². The van der Waals surface area contributed by atoms with E-state index in [1.165, 1.54) is 17.0 Å². The monoisotopic (exact) mass is 356 g/mol. The SMILES string of the molecule is Cc1nc(N2CCN(C)CC2)c2c(-c3ccc(F)cc3)c(C)sc2n1. The lowest BCUT2D eigenvalue weighted by Crippen LogP contribution is -2.45. The van der Waals surface area contributed by atoms with Gasteiger partial charge in [-0.2, -0.15) is 0 Å². The average molecular weight is 356 g/mol. The molecule has 6 heteroatoms. The van der Waals surface area contributed by atoms with E-state index in [1.807, 2.05) is 19.1 Å². The van der Waals surface area contributed by atoms with Gasteiger partial charge in [-0.05, 0) is 38.6 Å². The molecule has 0 atom stereocenters. The number of nitrogens with zero attached hydrogens (tertiary/aromatic N) is 4. The van der Waals surface area contributed by atoms with Gasteiger partial charge in [0.2, 0.25) is 0 Å². The second-order valence-electron chi connectivity index (χ2n) is 6.61. The summed E-state index contributed by atoms with van der Waals surface area (Å²) in [5, 5.41) is 1.10. The molecule has 2 aromatic heterocycles. The molecule has 1 aliphatic rings. The van der Waals surface area contributed by atoms with Crippen LogP contribution in [0.25, 0.3) is 21.3 Å². The summed E-state index contributed by atoms with van der Waals surface area (Å²) >= 11 is 1.69. The van der Waals surface area contributed by atoms with Crippen molar-refractivity contribution < 1.29 is 4.39 Å². The van der Waals surface area contributed by atoms with Crippen molar-refractivity contribution in [2.75, 3.05) is 38.1 Å². The van der Waals surface area contributed by atoms with Gasteiger partial charge in [-0.25, -0.2) is 14.4 Å². The van der Waals surface area contributed by atoms with Crippen LogP contribution in [-0.2, 0) is 0 Å². The summed E-state index contributed by atoms with van der Waals surface area (Å²) in [6, 6.07) is 6.72. The molecular formula is C19H21FN4S. The summed E-state index contributed by atoms with van der Waals surface area (Å²) in [5.41, 5.74) is 2.15. The van der Waals surface area contributed by atoms with Crippen molar-refractivity contribution in [2.45, 2.75) is 13.8 Å². The Kier molecular flexibility index (Phi) is 4.17. The zero-order chi connectivity index (χ0) is 17.6. The molecular weight excluding hydrogens is 335 g/mol. The quantitative estimate of drug-likeness (QED) is 0.698.